The summed E-state index contributed by atoms with van der Waals surface area (Å²) in [5, 5.41) is 13.8. The van der Waals surface area contributed by atoms with Crippen LogP contribution in [0.3, 0.4) is 0 Å². The molecule has 0 fully saturated rings. The van der Waals surface area contributed by atoms with E-state index < -0.39 is 0 Å². The number of nitrogens with zero attached hydrogens (tertiary/aromatic N) is 3. The van der Waals surface area contributed by atoms with Gasteiger partial charge < -0.3 is 9.88 Å². The lowest BCUT2D eigenvalue weighted by Crippen LogP contribution is -2.35. The van der Waals surface area contributed by atoms with E-state index in [-0.39, 0.29) is 17.0 Å². The zero-order chi connectivity index (χ0) is 19.1. The predicted molar refractivity (Wildman–Crippen MR) is 105 cm³/mol. The third-order valence-electron chi connectivity index (χ3n) is 4.12. The number of benzene rings is 1. The fourth-order valence-electron chi connectivity index (χ4n) is 2.68. The van der Waals surface area contributed by atoms with Gasteiger partial charge in [0.2, 0.25) is 0 Å². The number of nitrogens with one attached hydrogen (secondary N) is 2. The summed E-state index contributed by atoms with van der Waals surface area (Å²) in [7, 11) is 0. The highest BCUT2D eigenvalue weighted by atomic mass is 32.2. The van der Waals surface area contributed by atoms with E-state index in [1.165, 1.54) is 11.8 Å². The standard InChI is InChI=1S/C19H21N5O2S/c1-14-7-10-24(11-8-15-5-3-2-4-6-15)19(26)17(14)18(25)20-9-12-27-16-13-21-23-22-16/h2-7,10,13H,8-9,11-12H2,1H3,(H,20,25)(H,21,22,23). The molecule has 2 aromatic heterocycles. The van der Waals surface area contributed by atoms with E-state index in [0.717, 1.165) is 17.0 Å². The Morgan fingerprint density at radius 3 is 2.81 bits per heavy atom. The third-order valence-corrected chi connectivity index (χ3v) is 5.02. The molecule has 0 aliphatic rings. The Bertz CT molecular complexity index is 938. The Morgan fingerprint density at radius 2 is 2.07 bits per heavy atom. The highest BCUT2D eigenvalue weighted by Gasteiger charge is 2.15. The number of aromatic nitrogens is 4. The lowest BCUT2D eigenvalue weighted by molar-refractivity contribution is 0.0953. The molecule has 0 aliphatic carbocycles. The number of hydrogen-bond acceptors (Lipinski definition) is 5. The van der Waals surface area contributed by atoms with Crippen LogP contribution in [-0.2, 0) is 13.0 Å². The molecular formula is C19H21N5O2S. The van der Waals surface area contributed by atoms with Gasteiger partial charge in [0.25, 0.3) is 11.5 Å². The Kier molecular flexibility index (Phi) is 6.43. The topological polar surface area (TPSA) is 92.7 Å². The fraction of sp³-hybridized carbons (Fsp3) is 0.263. The first-order chi connectivity index (χ1) is 13.1. The summed E-state index contributed by atoms with van der Waals surface area (Å²) >= 11 is 1.48. The Labute approximate surface area is 161 Å². The number of amides is 1. The fourth-order valence-corrected chi connectivity index (χ4v) is 3.33. The number of pyridine rings is 1. The summed E-state index contributed by atoms with van der Waals surface area (Å²) < 4.78 is 1.60. The minimum Gasteiger partial charge on any atom is -0.351 e. The molecule has 1 aromatic carbocycles. The van der Waals surface area contributed by atoms with Gasteiger partial charge in [-0.2, -0.15) is 10.3 Å². The van der Waals surface area contributed by atoms with E-state index in [9.17, 15) is 9.59 Å². The van der Waals surface area contributed by atoms with Gasteiger partial charge in [-0.1, -0.05) is 30.3 Å². The number of aryl methyl sites for hydroxylation is 3. The van der Waals surface area contributed by atoms with Gasteiger partial charge >= 0.3 is 0 Å². The molecule has 0 saturated heterocycles. The van der Waals surface area contributed by atoms with Crippen molar-refractivity contribution < 1.29 is 4.79 Å². The number of hydrogen-bond donors (Lipinski definition) is 2. The molecule has 2 N–H and O–H groups in total. The average Bonchev–Trinajstić information content (AvgIpc) is 3.19. The van der Waals surface area contributed by atoms with Crippen LogP contribution in [0.2, 0.25) is 0 Å². The average molecular weight is 383 g/mol. The first-order valence-electron chi connectivity index (χ1n) is 8.66. The van der Waals surface area contributed by atoms with Crippen LogP contribution >= 0.6 is 11.8 Å². The maximum absolute atomic E-state index is 12.7. The van der Waals surface area contributed by atoms with Crippen LogP contribution in [0.15, 0.2) is 58.6 Å². The van der Waals surface area contributed by atoms with Crippen molar-refractivity contribution in [3.8, 4) is 0 Å². The molecule has 2 heterocycles. The molecular weight excluding hydrogens is 362 g/mol. The Morgan fingerprint density at radius 1 is 1.26 bits per heavy atom. The van der Waals surface area contributed by atoms with Crippen molar-refractivity contribution in [2.24, 2.45) is 0 Å². The molecule has 8 heteroatoms. The van der Waals surface area contributed by atoms with Crippen LogP contribution < -0.4 is 10.9 Å². The molecule has 0 atom stereocenters. The van der Waals surface area contributed by atoms with Crippen molar-refractivity contribution in [2.45, 2.75) is 24.9 Å². The summed E-state index contributed by atoms with van der Waals surface area (Å²) in [5.74, 6) is 0.305. The largest absolute Gasteiger partial charge is 0.351 e. The maximum Gasteiger partial charge on any atom is 0.263 e. The highest BCUT2D eigenvalue weighted by molar-refractivity contribution is 7.99. The highest BCUT2D eigenvalue weighted by Crippen LogP contribution is 2.11. The summed E-state index contributed by atoms with van der Waals surface area (Å²) in [4.78, 5) is 25.3. The summed E-state index contributed by atoms with van der Waals surface area (Å²) in [6.45, 7) is 2.75. The van der Waals surface area contributed by atoms with Gasteiger partial charge in [0.15, 0.2) is 0 Å². The van der Waals surface area contributed by atoms with Crippen LogP contribution in [0.5, 0.6) is 0 Å². The molecule has 140 valence electrons. The molecule has 0 saturated carbocycles. The van der Waals surface area contributed by atoms with Crippen LogP contribution in [-0.4, -0.2) is 38.2 Å². The van der Waals surface area contributed by atoms with Gasteiger partial charge in [-0.05, 0) is 30.5 Å². The van der Waals surface area contributed by atoms with Crippen molar-refractivity contribution in [1.29, 1.82) is 0 Å². The van der Waals surface area contributed by atoms with Gasteiger partial charge in [0.05, 0.1) is 6.20 Å². The summed E-state index contributed by atoms with van der Waals surface area (Å²) in [6.07, 6.45) is 4.11. The molecule has 0 spiro atoms. The predicted octanol–water partition coefficient (Wildman–Crippen LogP) is 2.04. The SMILES string of the molecule is Cc1ccn(CCc2ccccc2)c(=O)c1C(=O)NCCSc1cn[nH]n1. The van der Waals surface area contributed by atoms with Crippen LogP contribution in [0.1, 0.15) is 21.5 Å². The van der Waals surface area contributed by atoms with Crippen molar-refractivity contribution in [3.63, 3.8) is 0 Å². The van der Waals surface area contributed by atoms with E-state index in [1.54, 1.807) is 23.9 Å². The van der Waals surface area contributed by atoms with Gasteiger partial charge in [0, 0.05) is 25.0 Å². The molecule has 0 unspecified atom stereocenters. The zero-order valence-corrected chi connectivity index (χ0v) is 15.8. The number of carbonyl (C=O) groups excluding carboxylic acids is 1. The molecule has 0 radical (unpaired) electrons. The van der Waals surface area contributed by atoms with Gasteiger partial charge in [-0.3, -0.25) is 9.59 Å². The van der Waals surface area contributed by atoms with Crippen LogP contribution in [0.4, 0.5) is 0 Å². The Balaban J connectivity index is 1.61. The first kappa shape index (κ1) is 18.9. The van der Waals surface area contributed by atoms with E-state index in [0.29, 0.717) is 24.4 Å². The van der Waals surface area contributed by atoms with Crippen LogP contribution in [0, 0.1) is 6.92 Å². The summed E-state index contributed by atoms with van der Waals surface area (Å²) in [5.41, 5.74) is 1.78. The molecule has 7 nitrogen and oxygen atoms in total. The van der Waals surface area contributed by atoms with E-state index >= 15 is 0 Å². The van der Waals surface area contributed by atoms with E-state index in [1.807, 2.05) is 36.4 Å². The second-order valence-corrected chi connectivity index (χ2v) is 7.14. The molecule has 3 aromatic rings. The maximum atomic E-state index is 12.7. The number of H-pyrrole nitrogens is 1. The minimum absolute atomic E-state index is 0.206. The van der Waals surface area contributed by atoms with Crippen molar-refractivity contribution in [3.05, 3.63) is 75.8 Å². The van der Waals surface area contributed by atoms with E-state index in [4.69, 9.17) is 0 Å². The van der Waals surface area contributed by atoms with E-state index in [2.05, 4.69) is 20.7 Å². The number of carbonyl (C=O) groups is 1. The zero-order valence-electron chi connectivity index (χ0n) is 15.0. The normalized spacial score (nSPS) is 10.7. The molecule has 1 amide bonds. The van der Waals surface area contributed by atoms with Crippen molar-refractivity contribution in [2.75, 3.05) is 12.3 Å². The first-order valence-corrected chi connectivity index (χ1v) is 9.64. The Hall–Kier alpha value is -2.87. The van der Waals surface area contributed by atoms with Crippen LogP contribution in [0.25, 0.3) is 0 Å². The number of aromatic amines is 1. The summed E-state index contributed by atoms with van der Waals surface area (Å²) in [6, 6.07) is 11.8. The van der Waals surface area contributed by atoms with Gasteiger partial charge in [-0.25, -0.2) is 0 Å². The number of rotatable bonds is 8. The van der Waals surface area contributed by atoms with Crippen molar-refractivity contribution >= 4 is 17.7 Å². The third kappa shape index (κ3) is 5.07. The minimum atomic E-state index is -0.340. The van der Waals surface area contributed by atoms with Gasteiger partial charge in [0.1, 0.15) is 10.6 Å². The smallest absolute Gasteiger partial charge is 0.263 e. The monoisotopic (exact) mass is 383 g/mol. The lowest BCUT2D eigenvalue weighted by Gasteiger charge is -2.11. The molecule has 0 bridgehead atoms. The second-order valence-electron chi connectivity index (χ2n) is 6.02. The lowest BCUT2D eigenvalue weighted by atomic mass is 10.1. The molecule has 0 aliphatic heterocycles. The quantitative estimate of drug-likeness (QED) is 0.459. The number of thioether (sulfide) groups is 1. The van der Waals surface area contributed by atoms with Crippen molar-refractivity contribution in [1.82, 2.24) is 25.3 Å². The molecule has 3 rings (SSSR count). The second kappa shape index (κ2) is 9.18. The molecule has 27 heavy (non-hydrogen) atoms. The van der Waals surface area contributed by atoms with Gasteiger partial charge in [-0.15, -0.1) is 16.9 Å².